The summed E-state index contributed by atoms with van der Waals surface area (Å²) < 4.78 is 0. The molecule has 0 radical (unpaired) electrons. The maximum Gasteiger partial charge on any atom is 0.130 e. The number of nitrogens with one attached hydrogen (secondary N) is 1. The van der Waals surface area contributed by atoms with Gasteiger partial charge < -0.3 is 5.32 Å². The van der Waals surface area contributed by atoms with Crippen LogP contribution in [0.3, 0.4) is 0 Å². The average Bonchev–Trinajstić information content (AvgIpc) is 2.06. The van der Waals surface area contributed by atoms with Crippen LogP contribution in [0.15, 0.2) is 18.6 Å². The van der Waals surface area contributed by atoms with Gasteiger partial charge in [0.15, 0.2) is 0 Å². The van der Waals surface area contributed by atoms with E-state index in [1.807, 2.05) is 13.8 Å². The van der Waals surface area contributed by atoms with Gasteiger partial charge in [-0.1, -0.05) is 5.92 Å². The Morgan fingerprint density at radius 3 is 2.83 bits per heavy atom. The highest BCUT2D eigenvalue weighted by atomic mass is 15.0. The third kappa shape index (κ3) is 2.24. The van der Waals surface area contributed by atoms with Gasteiger partial charge in [0.2, 0.25) is 0 Å². The molecule has 1 rings (SSSR count). The molecule has 0 aliphatic rings. The van der Waals surface area contributed by atoms with Gasteiger partial charge in [-0.05, 0) is 19.9 Å². The number of hydrogen-bond acceptors (Lipinski definition) is 3. The van der Waals surface area contributed by atoms with Crippen LogP contribution in [0.4, 0.5) is 5.82 Å². The zero-order valence-electron chi connectivity index (χ0n) is 7.20. The Bertz CT molecular complexity index is 284. The molecule has 0 bridgehead atoms. The summed E-state index contributed by atoms with van der Waals surface area (Å²) in [4.78, 5) is 7.79. The van der Waals surface area contributed by atoms with Crippen molar-refractivity contribution in [3.8, 4) is 12.3 Å². The third-order valence-electron chi connectivity index (χ3n) is 1.38. The monoisotopic (exact) mass is 161 g/mol. The second kappa shape index (κ2) is 3.22. The Labute approximate surface area is 72.2 Å². The van der Waals surface area contributed by atoms with Crippen molar-refractivity contribution in [2.45, 2.75) is 19.4 Å². The van der Waals surface area contributed by atoms with Crippen molar-refractivity contribution in [3.05, 3.63) is 18.6 Å². The molecule has 1 heterocycles. The molecule has 0 aliphatic carbocycles. The summed E-state index contributed by atoms with van der Waals surface area (Å²) in [6.45, 7) is 3.82. The number of anilines is 1. The molecule has 0 saturated heterocycles. The fraction of sp³-hybridized carbons (Fsp3) is 0.333. The molecule has 1 aromatic rings. The van der Waals surface area contributed by atoms with Crippen LogP contribution in [0.2, 0.25) is 0 Å². The predicted octanol–water partition coefficient (Wildman–Crippen LogP) is 1.30. The summed E-state index contributed by atoms with van der Waals surface area (Å²) in [5.41, 5.74) is -0.367. The molecule has 0 saturated carbocycles. The number of nitrogens with zero attached hydrogens (tertiary/aromatic N) is 2. The molecule has 0 aromatic carbocycles. The van der Waals surface area contributed by atoms with Gasteiger partial charge in [0.25, 0.3) is 0 Å². The first-order valence-corrected chi connectivity index (χ1v) is 3.66. The lowest BCUT2D eigenvalue weighted by atomic mass is 10.1. The first-order valence-electron chi connectivity index (χ1n) is 3.66. The van der Waals surface area contributed by atoms with Crippen LogP contribution in [0.25, 0.3) is 0 Å². The van der Waals surface area contributed by atoms with Crippen molar-refractivity contribution in [2.24, 2.45) is 0 Å². The van der Waals surface area contributed by atoms with E-state index in [-0.39, 0.29) is 5.54 Å². The topological polar surface area (TPSA) is 37.8 Å². The quantitative estimate of drug-likeness (QED) is 0.664. The zero-order valence-corrected chi connectivity index (χ0v) is 7.20. The fourth-order valence-corrected chi connectivity index (χ4v) is 0.721. The minimum atomic E-state index is -0.367. The Morgan fingerprint density at radius 1 is 1.58 bits per heavy atom. The summed E-state index contributed by atoms with van der Waals surface area (Å²) in [7, 11) is 0. The van der Waals surface area contributed by atoms with Crippen molar-refractivity contribution >= 4 is 5.82 Å². The number of aromatic nitrogens is 2. The van der Waals surface area contributed by atoms with Crippen molar-refractivity contribution < 1.29 is 0 Å². The van der Waals surface area contributed by atoms with Gasteiger partial charge in [0.05, 0.1) is 5.54 Å². The Hall–Kier alpha value is -1.56. The highest BCUT2D eigenvalue weighted by Gasteiger charge is 2.12. The van der Waals surface area contributed by atoms with Crippen molar-refractivity contribution in [3.63, 3.8) is 0 Å². The molecule has 0 atom stereocenters. The lowest BCUT2D eigenvalue weighted by molar-refractivity contribution is 0.735. The minimum Gasteiger partial charge on any atom is -0.354 e. The van der Waals surface area contributed by atoms with E-state index in [9.17, 15) is 0 Å². The average molecular weight is 161 g/mol. The molecule has 3 nitrogen and oxygen atoms in total. The molecule has 0 amide bonds. The van der Waals surface area contributed by atoms with E-state index < -0.39 is 0 Å². The van der Waals surface area contributed by atoms with Gasteiger partial charge in [0, 0.05) is 6.20 Å². The summed E-state index contributed by atoms with van der Waals surface area (Å²) in [5, 5.41) is 3.08. The van der Waals surface area contributed by atoms with Gasteiger partial charge in [-0.15, -0.1) is 6.42 Å². The highest BCUT2D eigenvalue weighted by molar-refractivity contribution is 5.38. The molecule has 0 unspecified atom stereocenters. The van der Waals surface area contributed by atoms with Crippen LogP contribution in [0.1, 0.15) is 13.8 Å². The maximum absolute atomic E-state index is 5.30. The molecule has 62 valence electrons. The first-order chi connectivity index (χ1) is 5.64. The van der Waals surface area contributed by atoms with E-state index in [0.29, 0.717) is 0 Å². The SMILES string of the molecule is C#CC(C)(C)Nc1ccncn1. The van der Waals surface area contributed by atoms with Gasteiger partial charge in [-0.25, -0.2) is 9.97 Å². The lowest BCUT2D eigenvalue weighted by Crippen LogP contribution is -2.28. The molecular formula is C9H11N3. The van der Waals surface area contributed by atoms with Gasteiger partial charge in [0.1, 0.15) is 12.1 Å². The summed E-state index contributed by atoms with van der Waals surface area (Å²) in [5.74, 6) is 3.36. The second-order valence-electron chi connectivity index (χ2n) is 2.99. The predicted molar refractivity (Wildman–Crippen MR) is 48.6 cm³/mol. The molecule has 0 fully saturated rings. The minimum absolute atomic E-state index is 0.367. The Kier molecular flexibility index (Phi) is 2.29. The van der Waals surface area contributed by atoms with E-state index >= 15 is 0 Å². The van der Waals surface area contributed by atoms with Crippen molar-refractivity contribution in [1.82, 2.24) is 9.97 Å². The van der Waals surface area contributed by atoms with E-state index in [1.165, 1.54) is 6.33 Å². The number of rotatable bonds is 2. The summed E-state index contributed by atoms with van der Waals surface area (Å²) in [6, 6.07) is 1.78. The van der Waals surface area contributed by atoms with Crippen LogP contribution in [0, 0.1) is 12.3 Å². The van der Waals surface area contributed by atoms with Crippen LogP contribution < -0.4 is 5.32 Å². The molecule has 3 heteroatoms. The normalized spacial score (nSPS) is 10.4. The third-order valence-corrected chi connectivity index (χ3v) is 1.38. The van der Waals surface area contributed by atoms with Gasteiger partial charge in [-0.3, -0.25) is 0 Å². The van der Waals surface area contributed by atoms with Crippen LogP contribution in [-0.4, -0.2) is 15.5 Å². The van der Waals surface area contributed by atoms with E-state index in [2.05, 4.69) is 21.2 Å². The molecule has 12 heavy (non-hydrogen) atoms. The van der Waals surface area contributed by atoms with Crippen LogP contribution >= 0.6 is 0 Å². The molecule has 1 N–H and O–H groups in total. The zero-order chi connectivity index (χ0) is 9.03. The van der Waals surface area contributed by atoms with Gasteiger partial charge >= 0.3 is 0 Å². The van der Waals surface area contributed by atoms with Crippen molar-refractivity contribution in [1.29, 1.82) is 0 Å². The number of hydrogen-bond donors (Lipinski definition) is 1. The second-order valence-corrected chi connectivity index (χ2v) is 2.99. The van der Waals surface area contributed by atoms with Gasteiger partial charge in [-0.2, -0.15) is 0 Å². The van der Waals surface area contributed by atoms with E-state index in [1.54, 1.807) is 12.3 Å². The van der Waals surface area contributed by atoms with Crippen LogP contribution in [0.5, 0.6) is 0 Å². The smallest absolute Gasteiger partial charge is 0.130 e. The fourth-order valence-electron chi connectivity index (χ4n) is 0.721. The Balaban J connectivity index is 2.72. The van der Waals surface area contributed by atoms with E-state index in [4.69, 9.17) is 6.42 Å². The van der Waals surface area contributed by atoms with Crippen LogP contribution in [-0.2, 0) is 0 Å². The summed E-state index contributed by atoms with van der Waals surface area (Å²) in [6.07, 6.45) is 8.45. The molecular weight excluding hydrogens is 150 g/mol. The van der Waals surface area contributed by atoms with E-state index in [0.717, 1.165) is 5.82 Å². The number of terminal acetylenes is 1. The standard InChI is InChI=1S/C9H11N3/c1-4-9(2,3)12-8-5-6-10-7-11-8/h1,5-7H,2-3H3,(H,10,11,12). The molecule has 0 aliphatic heterocycles. The summed E-state index contributed by atoms with van der Waals surface area (Å²) >= 11 is 0. The Morgan fingerprint density at radius 2 is 2.33 bits per heavy atom. The van der Waals surface area contributed by atoms with Crippen molar-refractivity contribution in [2.75, 3.05) is 5.32 Å². The maximum atomic E-state index is 5.30. The molecule has 0 spiro atoms. The largest absolute Gasteiger partial charge is 0.354 e. The lowest BCUT2D eigenvalue weighted by Gasteiger charge is -2.19. The first kappa shape index (κ1) is 8.54. The highest BCUT2D eigenvalue weighted by Crippen LogP contribution is 2.09. The molecule has 1 aromatic heterocycles.